The standard InChI is InChI=1S/C17H24N2O2/c1-21-14-4-2-3-13(11-14)5-8-19-16(20)15-12-17(15)6-9-18-10-7-17/h2-4,11,15,18H,5-10,12H2,1H3,(H,19,20)/t15-/m1/s1. The van der Waals surface area contributed by atoms with Gasteiger partial charge in [-0.05, 0) is 61.9 Å². The molecule has 4 nitrogen and oxygen atoms in total. The highest BCUT2D eigenvalue weighted by Gasteiger charge is 2.57. The van der Waals surface area contributed by atoms with Gasteiger partial charge in [0.2, 0.25) is 5.91 Å². The van der Waals surface area contributed by atoms with Crippen LogP contribution in [0.25, 0.3) is 0 Å². The van der Waals surface area contributed by atoms with Gasteiger partial charge in [-0.1, -0.05) is 12.1 Å². The van der Waals surface area contributed by atoms with Gasteiger partial charge in [-0.25, -0.2) is 0 Å². The normalized spacial score (nSPS) is 22.8. The van der Waals surface area contributed by atoms with Crippen LogP contribution in [0.4, 0.5) is 0 Å². The van der Waals surface area contributed by atoms with E-state index in [9.17, 15) is 4.79 Å². The third-order valence-electron chi connectivity index (χ3n) is 4.95. The average molecular weight is 288 g/mol. The summed E-state index contributed by atoms with van der Waals surface area (Å²) in [7, 11) is 1.67. The minimum absolute atomic E-state index is 0.250. The lowest BCUT2D eigenvalue weighted by atomic mass is 9.92. The highest BCUT2D eigenvalue weighted by Crippen LogP contribution is 2.58. The van der Waals surface area contributed by atoms with Gasteiger partial charge >= 0.3 is 0 Å². The number of amides is 1. The van der Waals surface area contributed by atoms with E-state index >= 15 is 0 Å². The summed E-state index contributed by atoms with van der Waals surface area (Å²) in [5.74, 6) is 1.37. The third-order valence-corrected chi connectivity index (χ3v) is 4.95. The van der Waals surface area contributed by atoms with E-state index in [2.05, 4.69) is 16.7 Å². The van der Waals surface area contributed by atoms with Crippen LogP contribution in [-0.2, 0) is 11.2 Å². The number of ether oxygens (including phenoxy) is 1. The summed E-state index contributed by atoms with van der Waals surface area (Å²) in [6.45, 7) is 2.83. The molecule has 2 fully saturated rings. The fraction of sp³-hybridized carbons (Fsp3) is 0.588. The number of carbonyl (C=O) groups is 1. The number of rotatable bonds is 5. The van der Waals surface area contributed by atoms with Crippen molar-refractivity contribution in [3.63, 3.8) is 0 Å². The molecular formula is C17H24N2O2. The molecule has 1 saturated carbocycles. The number of piperidine rings is 1. The van der Waals surface area contributed by atoms with Crippen LogP contribution in [-0.4, -0.2) is 32.7 Å². The molecule has 1 amide bonds. The van der Waals surface area contributed by atoms with Crippen LogP contribution < -0.4 is 15.4 Å². The van der Waals surface area contributed by atoms with Crippen molar-refractivity contribution in [2.45, 2.75) is 25.7 Å². The molecule has 1 aromatic rings. The van der Waals surface area contributed by atoms with Gasteiger partial charge in [0.05, 0.1) is 7.11 Å². The molecule has 0 bridgehead atoms. The Labute approximate surface area is 126 Å². The van der Waals surface area contributed by atoms with Crippen molar-refractivity contribution >= 4 is 5.91 Å². The minimum Gasteiger partial charge on any atom is -0.497 e. The molecule has 1 atom stereocenters. The van der Waals surface area contributed by atoms with Crippen molar-refractivity contribution in [1.82, 2.24) is 10.6 Å². The number of hydrogen-bond donors (Lipinski definition) is 2. The molecule has 3 rings (SSSR count). The molecule has 4 heteroatoms. The predicted octanol–water partition coefficient (Wildman–Crippen LogP) is 1.74. The summed E-state index contributed by atoms with van der Waals surface area (Å²) in [4.78, 5) is 12.2. The highest BCUT2D eigenvalue weighted by atomic mass is 16.5. The van der Waals surface area contributed by atoms with Crippen molar-refractivity contribution < 1.29 is 9.53 Å². The van der Waals surface area contributed by atoms with Crippen LogP contribution in [0.3, 0.4) is 0 Å². The summed E-state index contributed by atoms with van der Waals surface area (Å²) in [6, 6.07) is 8.02. The van der Waals surface area contributed by atoms with E-state index in [4.69, 9.17) is 4.74 Å². The number of nitrogens with one attached hydrogen (secondary N) is 2. The van der Waals surface area contributed by atoms with Gasteiger partial charge in [0.25, 0.3) is 0 Å². The zero-order valence-electron chi connectivity index (χ0n) is 12.7. The molecule has 0 aromatic heterocycles. The fourth-order valence-corrected chi connectivity index (χ4v) is 3.48. The van der Waals surface area contributed by atoms with Crippen LogP contribution >= 0.6 is 0 Å². The van der Waals surface area contributed by atoms with Crippen molar-refractivity contribution in [1.29, 1.82) is 0 Å². The Balaban J connectivity index is 1.44. The van der Waals surface area contributed by atoms with E-state index in [0.717, 1.165) is 44.5 Å². The maximum absolute atomic E-state index is 12.2. The summed E-state index contributed by atoms with van der Waals surface area (Å²) in [6.07, 6.45) is 4.24. The van der Waals surface area contributed by atoms with Gasteiger partial charge in [0, 0.05) is 12.5 Å². The maximum Gasteiger partial charge on any atom is 0.223 e. The molecular weight excluding hydrogens is 264 g/mol. The summed E-state index contributed by atoms with van der Waals surface area (Å²) < 4.78 is 5.21. The Bertz CT molecular complexity index is 509. The summed E-state index contributed by atoms with van der Waals surface area (Å²) >= 11 is 0. The topological polar surface area (TPSA) is 50.4 Å². The summed E-state index contributed by atoms with van der Waals surface area (Å²) in [5, 5.41) is 6.47. The van der Waals surface area contributed by atoms with E-state index in [-0.39, 0.29) is 11.8 Å². The first-order valence-corrected chi connectivity index (χ1v) is 7.85. The van der Waals surface area contributed by atoms with Gasteiger partial charge in [0.1, 0.15) is 5.75 Å². The van der Waals surface area contributed by atoms with Crippen molar-refractivity contribution in [3.8, 4) is 5.75 Å². The number of methoxy groups -OCH3 is 1. The van der Waals surface area contributed by atoms with Gasteiger partial charge in [-0.15, -0.1) is 0 Å². The lowest BCUT2D eigenvalue weighted by molar-refractivity contribution is -0.123. The monoisotopic (exact) mass is 288 g/mol. The van der Waals surface area contributed by atoms with E-state index < -0.39 is 0 Å². The first kappa shape index (κ1) is 14.4. The smallest absolute Gasteiger partial charge is 0.223 e. The van der Waals surface area contributed by atoms with Gasteiger partial charge in [-0.2, -0.15) is 0 Å². The Morgan fingerprint density at radius 3 is 3.00 bits per heavy atom. The highest BCUT2D eigenvalue weighted by molar-refractivity contribution is 5.82. The average Bonchev–Trinajstić information content (AvgIpc) is 3.21. The predicted molar refractivity (Wildman–Crippen MR) is 82.4 cm³/mol. The Morgan fingerprint density at radius 2 is 2.24 bits per heavy atom. The van der Waals surface area contributed by atoms with E-state index in [0.29, 0.717) is 12.0 Å². The molecule has 1 aliphatic heterocycles. The van der Waals surface area contributed by atoms with E-state index in [1.54, 1.807) is 7.11 Å². The van der Waals surface area contributed by atoms with Crippen molar-refractivity contribution in [3.05, 3.63) is 29.8 Å². The van der Waals surface area contributed by atoms with Gasteiger partial charge in [0.15, 0.2) is 0 Å². The molecule has 0 radical (unpaired) electrons. The first-order valence-electron chi connectivity index (χ1n) is 7.85. The van der Waals surface area contributed by atoms with E-state index in [1.165, 1.54) is 5.56 Å². The quantitative estimate of drug-likeness (QED) is 0.868. The lowest BCUT2D eigenvalue weighted by Gasteiger charge is -2.23. The van der Waals surface area contributed by atoms with Crippen LogP contribution in [0, 0.1) is 11.3 Å². The maximum atomic E-state index is 12.2. The second-order valence-electron chi connectivity index (χ2n) is 6.26. The minimum atomic E-state index is 0.250. The Morgan fingerprint density at radius 1 is 1.43 bits per heavy atom. The molecule has 1 heterocycles. The molecule has 1 saturated heterocycles. The SMILES string of the molecule is COc1cccc(CCNC(=O)[C@H]2CC23CCNCC3)c1. The largest absolute Gasteiger partial charge is 0.497 e. The lowest BCUT2D eigenvalue weighted by Crippen LogP contribution is -2.34. The zero-order valence-corrected chi connectivity index (χ0v) is 12.7. The molecule has 2 aliphatic rings. The summed E-state index contributed by atoms with van der Waals surface area (Å²) in [5.41, 5.74) is 1.52. The Hall–Kier alpha value is -1.55. The molecule has 21 heavy (non-hydrogen) atoms. The molecule has 1 aliphatic carbocycles. The number of hydrogen-bond acceptors (Lipinski definition) is 3. The van der Waals surface area contributed by atoms with Crippen molar-refractivity contribution in [2.75, 3.05) is 26.7 Å². The molecule has 2 N–H and O–H groups in total. The zero-order chi connectivity index (χ0) is 14.7. The number of carbonyl (C=O) groups excluding carboxylic acids is 1. The Kier molecular flexibility index (Phi) is 4.15. The molecule has 0 unspecified atom stereocenters. The molecule has 114 valence electrons. The second kappa shape index (κ2) is 6.06. The van der Waals surface area contributed by atoms with Crippen LogP contribution in [0.15, 0.2) is 24.3 Å². The number of benzene rings is 1. The van der Waals surface area contributed by atoms with Gasteiger partial charge < -0.3 is 15.4 Å². The molecule has 1 aromatic carbocycles. The van der Waals surface area contributed by atoms with E-state index in [1.807, 2.05) is 18.2 Å². The fourth-order valence-electron chi connectivity index (χ4n) is 3.48. The van der Waals surface area contributed by atoms with Crippen molar-refractivity contribution in [2.24, 2.45) is 11.3 Å². The second-order valence-corrected chi connectivity index (χ2v) is 6.26. The molecule has 1 spiro atoms. The van der Waals surface area contributed by atoms with Crippen LogP contribution in [0.5, 0.6) is 5.75 Å². The first-order chi connectivity index (χ1) is 10.2. The van der Waals surface area contributed by atoms with Gasteiger partial charge in [-0.3, -0.25) is 4.79 Å². The van der Waals surface area contributed by atoms with Crippen LogP contribution in [0.1, 0.15) is 24.8 Å². The third kappa shape index (κ3) is 3.21. The van der Waals surface area contributed by atoms with Crippen LogP contribution in [0.2, 0.25) is 0 Å².